The highest BCUT2D eigenvalue weighted by Gasteiger charge is 2.39. The van der Waals surface area contributed by atoms with Crippen molar-refractivity contribution in [2.45, 2.75) is 19.5 Å². The summed E-state index contributed by atoms with van der Waals surface area (Å²) in [5, 5.41) is 2.92. The Morgan fingerprint density at radius 1 is 0.860 bits per heavy atom. The number of aryl methyl sites for hydroxylation is 1. The Morgan fingerprint density at radius 2 is 1.56 bits per heavy atom. The number of hydrogen-bond donors (Lipinski definition) is 1. The smallest absolute Gasteiger partial charge is 0.299 e. The zero-order chi connectivity index (χ0) is 30.5. The molecule has 9 heteroatoms. The van der Waals surface area contributed by atoms with Gasteiger partial charge in [0.05, 0.1) is 31.2 Å². The first kappa shape index (κ1) is 29.1. The highest BCUT2D eigenvalue weighted by atomic mass is 16.5. The van der Waals surface area contributed by atoms with Crippen LogP contribution in [0.5, 0.6) is 11.5 Å². The van der Waals surface area contributed by atoms with Crippen LogP contribution in [0.15, 0.2) is 97.1 Å². The minimum Gasteiger partial charge on any atom is -0.497 e. The predicted molar refractivity (Wildman–Crippen MR) is 162 cm³/mol. The maximum Gasteiger partial charge on any atom is 0.299 e. The van der Waals surface area contributed by atoms with Crippen LogP contribution in [0.2, 0.25) is 0 Å². The Balaban J connectivity index is 1.55. The van der Waals surface area contributed by atoms with E-state index in [0.717, 1.165) is 11.1 Å². The van der Waals surface area contributed by atoms with E-state index in [1.54, 1.807) is 66.7 Å². The van der Waals surface area contributed by atoms with Crippen molar-refractivity contribution in [2.24, 2.45) is 0 Å². The van der Waals surface area contributed by atoms with Crippen LogP contribution in [0.3, 0.4) is 0 Å². The number of hydrogen-bond acceptors (Lipinski definition) is 6. The van der Waals surface area contributed by atoms with Crippen molar-refractivity contribution in [3.8, 4) is 11.5 Å². The van der Waals surface area contributed by atoms with E-state index in [9.17, 15) is 19.2 Å². The van der Waals surface area contributed by atoms with Gasteiger partial charge in [0.25, 0.3) is 17.6 Å². The molecule has 0 aliphatic carbocycles. The molecule has 0 aromatic heterocycles. The number of benzene rings is 4. The minimum absolute atomic E-state index is 0.0729. The van der Waals surface area contributed by atoms with Crippen LogP contribution in [0.4, 0.5) is 11.4 Å². The number of methoxy groups -OCH3 is 2. The van der Waals surface area contributed by atoms with Gasteiger partial charge in [-0.1, -0.05) is 72.3 Å². The molecule has 4 aromatic rings. The van der Waals surface area contributed by atoms with Crippen molar-refractivity contribution >= 4 is 34.9 Å². The number of nitrogens with one attached hydrogen (secondary N) is 1. The fourth-order valence-corrected chi connectivity index (χ4v) is 5.06. The van der Waals surface area contributed by atoms with E-state index in [1.165, 1.54) is 24.0 Å². The SMILES string of the molecule is COc1ccc(NC(=O)C(c2ccccc2)N(Cc2ccc(C)cc2)C(=O)CN2C(=O)C(=O)c3ccccc32)c(OC)c1. The first-order valence-corrected chi connectivity index (χ1v) is 13.7. The van der Waals surface area contributed by atoms with Crippen LogP contribution < -0.4 is 19.7 Å². The van der Waals surface area contributed by atoms with E-state index in [1.807, 2.05) is 37.3 Å². The molecule has 1 aliphatic rings. The average molecular weight is 578 g/mol. The number of ketones is 1. The van der Waals surface area contributed by atoms with Crippen molar-refractivity contribution in [1.29, 1.82) is 0 Å². The number of nitrogens with zero attached hydrogens (tertiary/aromatic N) is 2. The lowest BCUT2D eigenvalue weighted by atomic mass is 10.0. The van der Waals surface area contributed by atoms with Crippen LogP contribution in [0.25, 0.3) is 0 Å². The van der Waals surface area contributed by atoms with Crippen molar-refractivity contribution in [2.75, 3.05) is 31.0 Å². The molecule has 3 amide bonds. The fraction of sp³-hybridized carbons (Fsp3) is 0.176. The second kappa shape index (κ2) is 12.6. The van der Waals surface area contributed by atoms with Crippen LogP contribution >= 0.6 is 0 Å². The van der Waals surface area contributed by atoms with Gasteiger partial charge in [-0.2, -0.15) is 0 Å². The Bertz CT molecular complexity index is 1670. The average Bonchev–Trinajstić information content (AvgIpc) is 3.27. The number of fused-ring (bicyclic) bond motifs is 1. The van der Waals surface area contributed by atoms with Gasteiger partial charge < -0.3 is 19.7 Å². The van der Waals surface area contributed by atoms with Crippen molar-refractivity contribution in [3.63, 3.8) is 0 Å². The quantitative estimate of drug-likeness (QED) is 0.268. The monoisotopic (exact) mass is 577 g/mol. The van der Waals surface area contributed by atoms with E-state index < -0.39 is 36.1 Å². The molecule has 9 nitrogen and oxygen atoms in total. The van der Waals surface area contributed by atoms with Gasteiger partial charge >= 0.3 is 0 Å². The normalized spacial score (nSPS) is 12.9. The molecule has 0 fully saturated rings. The van der Waals surface area contributed by atoms with Gasteiger partial charge in [0.2, 0.25) is 5.91 Å². The molecule has 0 spiro atoms. The molecule has 1 N–H and O–H groups in total. The van der Waals surface area contributed by atoms with Gasteiger partial charge in [0.15, 0.2) is 0 Å². The molecule has 1 heterocycles. The van der Waals surface area contributed by atoms with Crippen LogP contribution in [0.1, 0.15) is 33.1 Å². The summed E-state index contributed by atoms with van der Waals surface area (Å²) in [7, 11) is 3.02. The summed E-state index contributed by atoms with van der Waals surface area (Å²) in [5.41, 5.74) is 3.41. The van der Waals surface area contributed by atoms with Crippen molar-refractivity contribution in [1.82, 2.24) is 4.90 Å². The molecule has 5 rings (SSSR count). The Hall–Kier alpha value is -5.44. The first-order chi connectivity index (χ1) is 20.8. The van der Waals surface area contributed by atoms with E-state index in [-0.39, 0.29) is 12.1 Å². The number of carbonyl (C=O) groups excluding carboxylic acids is 4. The van der Waals surface area contributed by atoms with Gasteiger partial charge in [-0.25, -0.2) is 0 Å². The second-order valence-electron chi connectivity index (χ2n) is 10.1. The third kappa shape index (κ3) is 6.11. The summed E-state index contributed by atoms with van der Waals surface area (Å²) in [6.07, 6.45) is 0. The standard InChI is InChI=1S/C34H31N3O6/c1-22-13-15-23(16-14-22)20-37(30(38)21-36-28-12-8-7-11-26(28)32(39)34(36)41)31(24-9-5-4-6-10-24)33(40)35-27-18-17-25(42-2)19-29(27)43-3/h4-19,31H,20-21H2,1-3H3,(H,35,40). The molecular formula is C34H31N3O6. The molecular weight excluding hydrogens is 546 g/mol. The molecule has 43 heavy (non-hydrogen) atoms. The summed E-state index contributed by atoms with van der Waals surface area (Å²) in [6, 6.07) is 27.0. The predicted octanol–water partition coefficient (Wildman–Crippen LogP) is 4.95. The zero-order valence-corrected chi connectivity index (χ0v) is 24.1. The maximum absolute atomic E-state index is 14.2. The molecule has 1 aliphatic heterocycles. The first-order valence-electron chi connectivity index (χ1n) is 13.7. The lowest BCUT2D eigenvalue weighted by molar-refractivity contribution is -0.139. The van der Waals surface area contributed by atoms with E-state index in [2.05, 4.69) is 5.32 Å². The Labute approximate surface area is 249 Å². The van der Waals surface area contributed by atoms with Crippen LogP contribution in [-0.4, -0.2) is 49.2 Å². The van der Waals surface area contributed by atoms with Gasteiger partial charge in [-0.05, 0) is 42.3 Å². The van der Waals surface area contributed by atoms with Gasteiger partial charge in [-0.15, -0.1) is 0 Å². The molecule has 4 aromatic carbocycles. The molecule has 218 valence electrons. The molecule has 0 saturated carbocycles. The molecule has 0 bridgehead atoms. The number of rotatable bonds is 10. The molecule has 0 saturated heterocycles. The number of amides is 3. The van der Waals surface area contributed by atoms with Gasteiger partial charge in [0.1, 0.15) is 24.1 Å². The zero-order valence-electron chi connectivity index (χ0n) is 24.1. The highest BCUT2D eigenvalue weighted by Crippen LogP contribution is 2.33. The molecule has 0 radical (unpaired) electrons. The van der Waals surface area contributed by atoms with Crippen LogP contribution in [-0.2, 0) is 20.9 Å². The van der Waals surface area contributed by atoms with E-state index in [4.69, 9.17) is 9.47 Å². The molecule has 1 unspecified atom stereocenters. The number of para-hydroxylation sites is 1. The minimum atomic E-state index is -1.09. The number of ether oxygens (including phenoxy) is 2. The molecule has 1 atom stereocenters. The van der Waals surface area contributed by atoms with Gasteiger partial charge in [0, 0.05) is 12.6 Å². The maximum atomic E-state index is 14.2. The lowest BCUT2D eigenvalue weighted by Crippen LogP contribution is -2.46. The van der Waals surface area contributed by atoms with E-state index in [0.29, 0.717) is 28.4 Å². The van der Waals surface area contributed by atoms with Crippen molar-refractivity contribution < 1.29 is 28.7 Å². The summed E-state index contributed by atoms with van der Waals surface area (Å²) < 4.78 is 10.8. The summed E-state index contributed by atoms with van der Waals surface area (Å²) in [6.45, 7) is 1.61. The topological polar surface area (TPSA) is 105 Å². The summed E-state index contributed by atoms with van der Waals surface area (Å²) in [4.78, 5) is 56.6. The largest absolute Gasteiger partial charge is 0.497 e. The summed E-state index contributed by atoms with van der Waals surface area (Å²) in [5.74, 6) is -1.51. The third-order valence-corrected chi connectivity index (χ3v) is 7.31. The lowest BCUT2D eigenvalue weighted by Gasteiger charge is -2.33. The van der Waals surface area contributed by atoms with E-state index >= 15 is 0 Å². The third-order valence-electron chi connectivity index (χ3n) is 7.31. The van der Waals surface area contributed by atoms with Gasteiger partial charge in [-0.3, -0.25) is 24.1 Å². The highest BCUT2D eigenvalue weighted by molar-refractivity contribution is 6.52. The summed E-state index contributed by atoms with van der Waals surface area (Å²) >= 11 is 0. The van der Waals surface area contributed by atoms with Crippen LogP contribution in [0, 0.1) is 6.92 Å². The Kier molecular flexibility index (Phi) is 8.52. The second-order valence-corrected chi connectivity index (χ2v) is 10.1. The number of carbonyl (C=O) groups is 4. The fourth-order valence-electron chi connectivity index (χ4n) is 5.06. The number of anilines is 2. The number of Topliss-reactive ketones (excluding diaryl/α,β-unsaturated/α-hetero) is 1. The Morgan fingerprint density at radius 3 is 2.26 bits per heavy atom. The van der Waals surface area contributed by atoms with Crippen molar-refractivity contribution in [3.05, 3.63) is 119 Å².